The molecule has 1 aromatic carbocycles. The summed E-state index contributed by atoms with van der Waals surface area (Å²) in [4.78, 5) is 11.5. The van der Waals surface area contributed by atoms with Crippen LogP contribution in [0.15, 0.2) is 24.3 Å². The molecule has 2 nitrogen and oxygen atoms in total. The molecule has 0 aliphatic rings. The first-order chi connectivity index (χ1) is 7.72. The zero-order valence-electron chi connectivity index (χ0n) is 9.54. The van der Waals surface area contributed by atoms with E-state index in [-0.39, 0.29) is 18.0 Å². The molecule has 16 heavy (non-hydrogen) atoms. The summed E-state index contributed by atoms with van der Waals surface area (Å²) in [5, 5.41) is 0. The third-order valence-electron chi connectivity index (χ3n) is 2.16. The minimum absolute atomic E-state index is 0.0849. The van der Waals surface area contributed by atoms with Gasteiger partial charge in [0.05, 0.1) is 6.61 Å². The molecule has 0 atom stereocenters. The molecule has 0 radical (unpaired) electrons. The molecule has 0 aliphatic carbocycles. The Morgan fingerprint density at radius 3 is 2.88 bits per heavy atom. The SMILES string of the molecule is CCCOCCC(=O)Cc1cccc(F)c1. The lowest BCUT2D eigenvalue weighted by molar-refractivity contribution is -0.119. The molecular weight excluding hydrogens is 207 g/mol. The number of carbonyl (C=O) groups is 1. The maximum atomic E-state index is 12.8. The van der Waals surface area contributed by atoms with Crippen molar-refractivity contribution in [2.75, 3.05) is 13.2 Å². The number of ketones is 1. The molecule has 1 rings (SSSR count). The molecule has 0 aromatic heterocycles. The quantitative estimate of drug-likeness (QED) is 0.666. The van der Waals surface area contributed by atoms with Gasteiger partial charge < -0.3 is 4.74 Å². The van der Waals surface area contributed by atoms with Crippen molar-refractivity contribution in [2.24, 2.45) is 0 Å². The lowest BCUT2D eigenvalue weighted by Gasteiger charge is -2.02. The first kappa shape index (κ1) is 12.8. The van der Waals surface area contributed by atoms with E-state index in [4.69, 9.17) is 4.74 Å². The zero-order chi connectivity index (χ0) is 11.8. The largest absolute Gasteiger partial charge is 0.381 e. The van der Waals surface area contributed by atoms with Gasteiger partial charge in [-0.15, -0.1) is 0 Å². The average Bonchev–Trinajstić information content (AvgIpc) is 2.24. The van der Waals surface area contributed by atoms with Crippen molar-refractivity contribution in [3.8, 4) is 0 Å². The summed E-state index contributed by atoms with van der Waals surface area (Å²) in [5.41, 5.74) is 0.723. The Hall–Kier alpha value is -1.22. The van der Waals surface area contributed by atoms with Gasteiger partial charge in [-0.1, -0.05) is 19.1 Å². The molecule has 0 saturated carbocycles. The lowest BCUT2D eigenvalue weighted by atomic mass is 10.1. The monoisotopic (exact) mass is 224 g/mol. The molecule has 1 aromatic rings. The summed E-state index contributed by atoms with van der Waals surface area (Å²) in [6.07, 6.45) is 1.64. The van der Waals surface area contributed by atoms with Crippen LogP contribution in [0.25, 0.3) is 0 Å². The minimum atomic E-state index is -0.299. The van der Waals surface area contributed by atoms with Crippen molar-refractivity contribution in [2.45, 2.75) is 26.2 Å². The Labute approximate surface area is 95.4 Å². The average molecular weight is 224 g/mol. The van der Waals surface area contributed by atoms with Crippen LogP contribution in [0.4, 0.5) is 4.39 Å². The van der Waals surface area contributed by atoms with Gasteiger partial charge in [-0.2, -0.15) is 0 Å². The predicted octanol–water partition coefficient (Wildman–Crippen LogP) is 2.75. The number of hydrogen-bond acceptors (Lipinski definition) is 2. The van der Waals surface area contributed by atoms with Crippen LogP contribution in [0.3, 0.4) is 0 Å². The molecule has 0 heterocycles. The van der Waals surface area contributed by atoms with Crippen LogP contribution in [-0.4, -0.2) is 19.0 Å². The second-order valence-corrected chi connectivity index (χ2v) is 3.71. The minimum Gasteiger partial charge on any atom is -0.381 e. The number of carbonyl (C=O) groups excluding carboxylic acids is 1. The number of ether oxygens (including phenoxy) is 1. The normalized spacial score (nSPS) is 10.4. The maximum absolute atomic E-state index is 12.8. The van der Waals surface area contributed by atoms with E-state index < -0.39 is 0 Å². The van der Waals surface area contributed by atoms with E-state index in [0.29, 0.717) is 19.6 Å². The Bertz CT molecular complexity index is 336. The summed E-state index contributed by atoms with van der Waals surface area (Å²) in [5.74, 6) is -0.214. The number of Topliss-reactive ketones (excluding diaryl/α,β-unsaturated/α-hetero) is 1. The molecule has 0 unspecified atom stereocenters. The van der Waals surface area contributed by atoms with Crippen molar-refractivity contribution in [3.05, 3.63) is 35.6 Å². The van der Waals surface area contributed by atoms with Crippen molar-refractivity contribution in [1.82, 2.24) is 0 Å². The van der Waals surface area contributed by atoms with Crippen molar-refractivity contribution in [3.63, 3.8) is 0 Å². The van der Waals surface area contributed by atoms with Crippen molar-refractivity contribution < 1.29 is 13.9 Å². The summed E-state index contributed by atoms with van der Waals surface area (Å²) >= 11 is 0. The van der Waals surface area contributed by atoms with Crippen molar-refractivity contribution in [1.29, 1.82) is 0 Å². The van der Waals surface area contributed by atoms with Gasteiger partial charge in [-0.25, -0.2) is 4.39 Å². The summed E-state index contributed by atoms with van der Waals surface area (Å²) < 4.78 is 18.1. The maximum Gasteiger partial charge on any atom is 0.139 e. The van der Waals surface area contributed by atoms with Gasteiger partial charge in [-0.05, 0) is 24.1 Å². The summed E-state index contributed by atoms with van der Waals surface area (Å²) in [6, 6.07) is 6.14. The van der Waals surface area contributed by atoms with E-state index in [1.54, 1.807) is 12.1 Å². The molecule has 0 saturated heterocycles. The van der Waals surface area contributed by atoms with E-state index in [9.17, 15) is 9.18 Å². The molecule has 3 heteroatoms. The van der Waals surface area contributed by atoms with Crippen LogP contribution in [0.1, 0.15) is 25.3 Å². The van der Waals surface area contributed by atoms with Crippen LogP contribution >= 0.6 is 0 Å². The van der Waals surface area contributed by atoms with Crippen molar-refractivity contribution >= 4 is 5.78 Å². The third-order valence-corrected chi connectivity index (χ3v) is 2.16. The number of hydrogen-bond donors (Lipinski definition) is 0. The Morgan fingerprint density at radius 1 is 1.38 bits per heavy atom. The highest BCUT2D eigenvalue weighted by Crippen LogP contribution is 2.05. The zero-order valence-corrected chi connectivity index (χ0v) is 9.54. The van der Waals surface area contributed by atoms with Crippen LogP contribution in [0.5, 0.6) is 0 Å². The molecule has 88 valence electrons. The molecule has 0 aliphatic heterocycles. The fourth-order valence-electron chi connectivity index (χ4n) is 1.40. The number of benzene rings is 1. The fraction of sp³-hybridized carbons (Fsp3) is 0.462. The van der Waals surface area contributed by atoms with Gasteiger partial charge in [0.1, 0.15) is 11.6 Å². The van der Waals surface area contributed by atoms with Crippen LogP contribution in [-0.2, 0) is 16.0 Å². The number of rotatable bonds is 7. The van der Waals surface area contributed by atoms with Gasteiger partial charge in [0.2, 0.25) is 0 Å². The smallest absolute Gasteiger partial charge is 0.139 e. The van der Waals surface area contributed by atoms with E-state index in [2.05, 4.69) is 0 Å². The topological polar surface area (TPSA) is 26.3 Å². The van der Waals surface area contributed by atoms with Gasteiger partial charge in [-0.3, -0.25) is 4.79 Å². The molecule has 0 fully saturated rings. The molecule has 0 spiro atoms. The Kier molecular flexibility index (Phi) is 5.72. The van der Waals surface area contributed by atoms with Gasteiger partial charge >= 0.3 is 0 Å². The number of halogens is 1. The molecule has 0 amide bonds. The molecular formula is C13H17FO2. The lowest BCUT2D eigenvalue weighted by Crippen LogP contribution is -2.07. The first-order valence-corrected chi connectivity index (χ1v) is 5.56. The summed E-state index contributed by atoms with van der Waals surface area (Å²) in [6.45, 7) is 3.17. The van der Waals surface area contributed by atoms with Gasteiger partial charge in [0, 0.05) is 19.4 Å². The second-order valence-electron chi connectivity index (χ2n) is 3.71. The molecule has 0 N–H and O–H groups in total. The van der Waals surface area contributed by atoms with Gasteiger partial charge in [0.25, 0.3) is 0 Å². The standard InChI is InChI=1S/C13H17FO2/c1-2-7-16-8-6-13(15)10-11-4-3-5-12(14)9-11/h3-5,9H,2,6-8,10H2,1H3. The predicted molar refractivity (Wildman–Crippen MR) is 60.8 cm³/mol. The van der Waals surface area contributed by atoms with Gasteiger partial charge in [0.15, 0.2) is 0 Å². The van der Waals surface area contributed by atoms with E-state index in [1.165, 1.54) is 12.1 Å². The Balaban J connectivity index is 2.29. The van der Waals surface area contributed by atoms with E-state index >= 15 is 0 Å². The van der Waals surface area contributed by atoms with E-state index in [1.807, 2.05) is 6.92 Å². The third kappa shape index (κ3) is 5.03. The second kappa shape index (κ2) is 7.12. The van der Waals surface area contributed by atoms with Crippen LogP contribution < -0.4 is 0 Å². The fourth-order valence-corrected chi connectivity index (χ4v) is 1.40. The highest BCUT2D eigenvalue weighted by atomic mass is 19.1. The molecule has 0 bridgehead atoms. The van der Waals surface area contributed by atoms with E-state index in [0.717, 1.165) is 12.0 Å². The van der Waals surface area contributed by atoms with Crippen LogP contribution in [0, 0.1) is 5.82 Å². The Morgan fingerprint density at radius 2 is 2.19 bits per heavy atom. The van der Waals surface area contributed by atoms with Crippen LogP contribution in [0.2, 0.25) is 0 Å². The summed E-state index contributed by atoms with van der Waals surface area (Å²) in [7, 11) is 0. The highest BCUT2D eigenvalue weighted by Gasteiger charge is 2.04. The first-order valence-electron chi connectivity index (χ1n) is 5.56. The highest BCUT2D eigenvalue weighted by molar-refractivity contribution is 5.80.